The van der Waals surface area contributed by atoms with E-state index in [0.29, 0.717) is 30.3 Å². The van der Waals surface area contributed by atoms with Gasteiger partial charge in [0.25, 0.3) is 11.5 Å². The number of hydrogen-bond acceptors (Lipinski definition) is 6. The van der Waals surface area contributed by atoms with Crippen LogP contribution in [-0.2, 0) is 4.74 Å². The van der Waals surface area contributed by atoms with Crippen molar-refractivity contribution < 1.29 is 14.6 Å². The molecule has 2 aromatic carbocycles. The zero-order chi connectivity index (χ0) is 22.9. The first-order valence-electron chi connectivity index (χ1n) is 10.7. The maximum absolute atomic E-state index is 13.3. The van der Waals surface area contributed by atoms with Crippen molar-refractivity contribution in [1.29, 1.82) is 0 Å². The van der Waals surface area contributed by atoms with Crippen LogP contribution in [0.2, 0.25) is 0 Å². The zero-order valence-electron chi connectivity index (χ0n) is 18.1. The van der Waals surface area contributed by atoms with Crippen LogP contribution in [0.15, 0.2) is 65.7 Å². The predicted octanol–water partition coefficient (Wildman–Crippen LogP) is 2.59. The second-order valence-electron chi connectivity index (χ2n) is 7.85. The van der Waals surface area contributed by atoms with Gasteiger partial charge in [-0.3, -0.25) is 14.2 Å². The van der Waals surface area contributed by atoms with Crippen molar-refractivity contribution in [1.82, 2.24) is 14.2 Å². The minimum atomic E-state index is -0.451. The molecular weight excluding hydrogens is 422 g/mol. The fourth-order valence-corrected chi connectivity index (χ4v) is 4.02. The maximum atomic E-state index is 13.3. The minimum absolute atomic E-state index is 0.0331. The minimum Gasteiger partial charge on any atom is -0.506 e. The molecule has 0 saturated carbocycles. The smallest absolute Gasteiger partial charge is 0.282 e. The van der Waals surface area contributed by atoms with Crippen LogP contribution in [0.5, 0.6) is 5.75 Å². The Bertz CT molecular complexity index is 1380. The monoisotopic (exact) mass is 445 g/mol. The number of aromatic nitrogens is 3. The van der Waals surface area contributed by atoms with E-state index in [-0.39, 0.29) is 16.8 Å². The average molecular weight is 445 g/mol. The number of phenols is 1. The second kappa shape index (κ2) is 8.44. The third-order valence-corrected chi connectivity index (χ3v) is 5.73. The molecule has 0 spiro atoms. The van der Waals surface area contributed by atoms with Crippen LogP contribution in [0.25, 0.3) is 11.2 Å². The quantitative estimate of drug-likeness (QED) is 0.501. The summed E-state index contributed by atoms with van der Waals surface area (Å²) in [6.45, 7) is 4.84. The Morgan fingerprint density at radius 1 is 1.09 bits per heavy atom. The van der Waals surface area contributed by atoms with E-state index in [1.807, 2.05) is 24.3 Å². The number of amides is 1. The molecule has 0 aliphatic carbocycles. The Morgan fingerprint density at radius 3 is 2.55 bits per heavy atom. The standard InChI is InChI=1S/C24H23N5O4/c1-16-15-28(20-4-2-3-5-21(20)30)24(32)22-19(14-25-29(16)22)23(31)26-17-6-8-18(9-7-17)27-10-12-33-13-11-27/h2-9,14-15,30H,10-13H2,1H3,(H,26,31). The van der Waals surface area contributed by atoms with Gasteiger partial charge < -0.3 is 20.1 Å². The van der Waals surface area contributed by atoms with E-state index in [0.717, 1.165) is 18.8 Å². The maximum Gasteiger partial charge on any atom is 0.282 e. The molecule has 2 aromatic heterocycles. The molecule has 4 aromatic rings. The van der Waals surface area contributed by atoms with Gasteiger partial charge in [-0.1, -0.05) is 12.1 Å². The van der Waals surface area contributed by atoms with Crippen molar-refractivity contribution in [3.8, 4) is 11.4 Å². The van der Waals surface area contributed by atoms with Crippen LogP contribution in [0.1, 0.15) is 16.1 Å². The molecule has 168 valence electrons. The molecule has 5 rings (SSSR count). The summed E-state index contributed by atoms with van der Waals surface area (Å²) < 4.78 is 8.16. The first-order valence-corrected chi connectivity index (χ1v) is 10.7. The first-order chi connectivity index (χ1) is 16.0. The Balaban J connectivity index is 1.47. The Kier molecular flexibility index (Phi) is 5.31. The first kappa shape index (κ1) is 20.8. The molecule has 0 atom stereocenters. The van der Waals surface area contributed by atoms with Crippen molar-refractivity contribution in [3.05, 3.63) is 82.5 Å². The molecule has 1 saturated heterocycles. The molecule has 1 aliphatic rings. The van der Waals surface area contributed by atoms with Crippen LogP contribution in [0.4, 0.5) is 11.4 Å². The molecule has 9 heteroatoms. The molecule has 2 N–H and O–H groups in total. The lowest BCUT2D eigenvalue weighted by atomic mass is 10.2. The van der Waals surface area contributed by atoms with Gasteiger partial charge in [0.05, 0.1) is 36.4 Å². The molecule has 0 unspecified atom stereocenters. The van der Waals surface area contributed by atoms with Crippen LogP contribution >= 0.6 is 0 Å². The molecule has 33 heavy (non-hydrogen) atoms. The third-order valence-electron chi connectivity index (χ3n) is 5.73. The molecule has 3 heterocycles. The van der Waals surface area contributed by atoms with E-state index in [1.165, 1.54) is 21.3 Å². The number of phenolic OH excluding ortho intramolecular Hbond substituents is 1. The Morgan fingerprint density at radius 2 is 1.82 bits per heavy atom. The molecular formula is C24H23N5O4. The van der Waals surface area contributed by atoms with Crippen molar-refractivity contribution in [2.75, 3.05) is 36.5 Å². The lowest BCUT2D eigenvalue weighted by molar-refractivity contribution is 0.102. The molecule has 0 radical (unpaired) electrons. The number of nitrogens with one attached hydrogen (secondary N) is 1. The summed E-state index contributed by atoms with van der Waals surface area (Å²) in [4.78, 5) is 28.6. The van der Waals surface area contributed by atoms with Gasteiger partial charge in [-0.05, 0) is 43.3 Å². The number of hydrogen-bond donors (Lipinski definition) is 2. The van der Waals surface area contributed by atoms with E-state index in [9.17, 15) is 14.7 Å². The summed E-state index contributed by atoms with van der Waals surface area (Å²) in [5.74, 6) is -0.468. The number of carbonyl (C=O) groups excluding carboxylic acids is 1. The summed E-state index contributed by atoms with van der Waals surface area (Å²) >= 11 is 0. The number of aryl methyl sites for hydroxylation is 1. The number of ether oxygens (including phenoxy) is 1. The van der Waals surface area contributed by atoms with Gasteiger partial charge >= 0.3 is 0 Å². The van der Waals surface area contributed by atoms with Gasteiger partial charge in [-0.15, -0.1) is 0 Å². The number of anilines is 2. The number of morpholine rings is 1. The highest BCUT2D eigenvalue weighted by atomic mass is 16.5. The average Bonchev–Trinajstić information content (AvgIpc) is 3.29. The summed E-state index contributed by atoms with van der Waals surface area (Å²) in [7, 11) is 0. The molecule has 1 amide bonds. The fraction of sp³-hybridized carbons (Fsp3) is 0.208. The molecule has 1 aliphatic heterocycles. The van der Waals surface area contributed by atoms with Crippen molar-refractivity contribution in [2.45, 2.75) is 6.92 Å². The van der Waals surface area contributed by atoms with E-state index < -0.39 is 11.5 Å². The van der Waals surface area contributed by atoms with Crippen LogP contribution in [0.3, 0.4) is 0 Å². The highest BCUT2D eigenvalue weighted by molar-refractivity contribution is 6.08. The highest BCUT2D eigenvalue weighted by Crippen LogP contribution is 2.22. The number of para-hydroxylation sites is 2. The van der Waals surface area contributed by atoms with E-state index in [2.05, 4.69) is 15.3 Å². The lowest BCUT2D eigenvalue weighted by Crippen LogP contribution is -2.36. The number of nitrogens with zero attached hydrogens (tertiary/aromatic N) is 4. The Labute approximate surface area is 189 Å². The number of fused-ring (bicyclic) bond motifs is 1. The SMILES string of the molecule is Cc1cn(-c2ccccc2O)c(=O)c2c(C(=O)Nc3ccc(N4CCOCC4)cc3)cnn12. The van der Waals surface area contributed by atoms with Crippen LogP contribution in [0, 0.1) is 6.92 Å². The number of rotatable bonds is 4. The summed E-state index contributed by atoms with van der Waals surface area (Å²) in [5, 5.41) is 17.3. The normalized spacial score (nSPS) is 13.9. The van der Waals surface area contributed by atoms with Gasteiger partial charge in [0.2, 0.25) is 0 Å². The van der Waals surface area contributed by atoms with Gasteiger partial charge in [-0.2, -0.15) is 5.10 Å². The van der Waals surface area contributed by atoms with Crippen molar-refractivity contribution in [2.24, 2.45) is 0 Å². The highest BCUT2D eigenvalue weighted by Gasteiger charge is 2.20. The molecule has 9 nitrogen and oxygen atoms in total. The predicted molar refractivity (Wildman–Crippen MR) is 125 cm³/mol. The molecule has 0 bridgehead atoms. The van der Waals surface area contributed by atoms with E-state index in [1.54, 1.807) is 31.3 Å². The number of carbonyl (C=O) groups is 1. The summed E-state index contributed by atoms with van der Waals surface area (Å²) in [6.07, 6.45) is 2.97. The number of aromatic hydroxyl groups is 1. The lowest BCUT2D eigenvalue weighted by Gasteiger charge is -2.28. The van der Waals surface area contributed by atoms with Crippen molar-refractivity contribution >= 4 is 22.8 Å². The zero-order valence-corrected chi connectivity index (χ0v) is 18.1. The van der Waals surface area contributed by atoms with Gasteiger partial charge in [0.1, 0.15) is 11.3 Å². The number of benzene rings is 2. The van der Waals surface area contributed by atoms with Crippen molar-refractivity contribution in [3.63, 3.8) is 0 Å². The largest absolute Gasteiger partial charge is 0.506 e. The summed E-state index contributed by atoms with van der Waals surface area (Å²) in [5.41, 5.74) is 2.50. The fourth-order valence-electron chi connectivity index (χ4n) is 4.02. The van der Waals surface area contributed by atoms with E-state index in [4.69, 9.17) is 4.74 Å². The van der Waals surface area contributed by atoms with Crippen LogP contribution in [-0.4, -0.2) is 51.5 Å². The van der Waals surface area contributed by atoms with Gasteiger partial charge in [-0.25, -0.2) is 4.52 Å². The summed E-state index contributed by atoms with van der Waals surface area (Å²) in [6, 6.07) is 14.1. The van der Waals surface area contributed by atoms with Crippen LogP contribution < -0.4 is 15.8 Å². The van der Waals surface area contributed by atoms with E-state index >= 15 is 0 Å². The second-order valence-corrected chi connectivity index (χ2v) is 7.85. The Hall–Kier alpha value is -4.11. The topological polar surface area (TPSA) is 101 Å². The van der Waals surface area contributed by atoms with Gasteiger partial charge in [0.15, 0.2) is 0 Å². The van der Waals surface area contributed by atoms with Gasteiger partial charge in [0, 0.05) is 30.7 Å². The molecule has 1 fully saturated rings. The third kappa shape index (κ3) is 3.83.